The zero-order valence-corrected chi connectivity index (χ0v) is 13.3. The zero-order valence-electron chi connectivity index (χ0n) is 12.5. The summed E-state index contributed by atoms with van der Waals surface area (Å²) in [5, 5.41) is 0.580. The Morgan fingerprint density at radius 2 is 1.65 bits per heavy atom. The fourth-order valence-electron chi connectivity index (χ4n) is 2.57. The molecule has 0 bridgehead atoms. The summed E-state index contributed by atoms with van der Waals surface area (Å²) in [6.07, 6.45) is 0. The van der Waals surface area contributed by atoms with Crippen molar-refractivity contribution in [2.75, 3.05) is 4.90 Å². The molecule has 0 atom stereocenters. The van der Waals surface area contributed by atoms with Crippen LogP contribution in [0.2, 0.25) is 5.02 Å². The Balaban J connectivity index is 2.00. The monoisotopic (exact) mass is 323 g/mol. The highest BCUT2D eigenvalue weighted by Gasteiger charge is 2.36. The van der Waals surface area contributed by atoms with E-state index >= 15 is 0 Å². The van der Waals surface area contributed by atoms with Gasteiger partial charge in [-0.25, -0.2) is 0 Å². The van der Waals surface area contributed by atoms with E-state index in [-0.39, 0.29) is 17.3 Å². The predicted molar refractivity (Wildman–Crippen MR) is 91.6 cm³/mol. The zero-order chi connectivity index (χ0) is 16.6. The summed E-state index contributed by atoms with van der Waals surface area (Å²) in [5.74, 6) is -0.644. The number of Topliss-reactive ketones (excluding diaryl/α,β-unsaturated/α-hetero) is 1. The summed E-state index contributed by atoms with van der Waals surface area (Å²) < 4.78 is 0. The molecule has 0 saturated heterocycles. The van der Waals surface area contributed by atoms with Gasteiger partial charge in [0.1, 0.15) is 0 Å². The van der Waals surface area contributed by atoms with Crippen LogP contribution in [0.4, 0.5) is 5.69 Å². The molecule has 1 aliphatic heterocycles. The molecule has 23 heavy (non-hydrogen) atoms. The van der Waals surface area contributed by atoms with E-state index in [1.807, 2.05) is 6.07 Å². The maximum absolute atomic E-state index is 12.8. The fourth-order valence-corrected chi connectivity index (χ4v) is 2.70. The molecule has 1 aliphatic rings. The van der Waals surface area contributed by atoms with Crippen LogP contribution in [-0.2, 0) is 4.79 Å². The first kappa shape index (κ1) is 15.3. The second-order valence-electron chi connectivity index (χ2n) is 5.26. The van der Waals surface area contributed by atoms with Crippen molar-refractivity contribution in [2.45, 2.75) is 6.92 Å². The van der Waals surface area contributed by atoms with E-state index in [1.165, 1.54) is 4.90 Å². The summed E-state index contributed by atoms with van der Waals surface area (Å²) in [6.45, 7) is 5.70. The van der Waals surface area contributed by atoms with Crippen LogP contribution in [0.1, 0.15) is 17.3 Å². The number of amides is 1. The summed E-state index contributed by atoms with van der Waals surface area (Å²) in [6, 6.07) is 15.6. The van der Waals surface area contributed by atoms with Gasteiger partial charge < -0.3 is 0 Å². The number of halogens is 1. The summed E-state index contributed by atoms with van der Waals surface area (Å²) in [5.41, 5.74) is 2.40. The SMILES string of the molecule is C=C1C(C)=C(C(=O)c2ccccc2)C(=O)N1c1ccc(Cl)cc1. The molecule has 0 spiro atoms. The number of hydrogen-bond donors (Lipinski definition) is 0. The van der Waals surface area contributed by atoms with Crippen LogP contribution in [0.5, 0.6) is 0 Å². The minimum atomic E-state index is -0.358. The number of hydrogen-bond acceptors (Lipinski definition) is 2. The molecule has 0 fully saturated rings. The van der Waals surface area contributed by atoms with E-state index < -0.39 is 0 Å². The van der Waals surface area contributed by atoms with Gasteiger partial charge in [0.05, 0.1) is 5.57 Å². The van der Waals surface area contributed by atoms with Crippen molar-refractivity contribution in [3.63, 3.8) is 0 Å². The lowest BCUT2D eigenvalue weighted by molar-refractivity contribution is -0.114. The Kier molecular flexibility index (Phi) is 3.89. The molecule has 1 heterocycles. The third-order valence-electron chi connectivity index (χ3n) is 3.84. The van der Waals surface area contributed by atoms with Crippen molar-refractivity contribution >= 4 is 29.0 Å². The van der Waals surface area contributed by atoms with E-state index in [0.717, 1.165) is 0 Å². The smallest absolute Gasteiger partial charge is 0.267 e. The molecule has 0 aliphatic carbocycles. The van der Waals surface area contributed by atoms with Gasteiger partial charge in [-0.15, -0.1) is 0 Å². The quantitative estimate of drug-likeness (QED) is 0.620. The standard InChI is InChI=1S/C19H14ClNO2/c1-12-13(2)21(16-10-8-15(20)9-11-16)19(23)17(12)18(22)14-6-4-3-5-7-14/h3-11H,2H2,1H3. The van der Waals surface area contributed by atoms with Crippen LogP contribution in [-0.4, -0.2) is 11.7 Å². The van der Waals surface area contributed by atoms with Gasteiger partial charge in [-0.3, -0.25) is 14.5 Å². The van der Waals surface area contributed by atoms with Crippen molar-refractivity contribution in [3.8, 4) is 0 Å². The Bertz CT molecular complexity index is 835. The van der Waals surface area contributed by atoms with Gasteiger partial charge in [0.25, 0.3) is 5.91 Å². The van der Waals surface area contributed by atoms with E-state index in [0.29, 0.717) is 27.5 Å². The van der Waals surface area contributed by atoms with E-state index in [9.17, 15) is 9.59 Å². The van der Waals surface area contributed by atoms with E-state index in [1.54, 1.807) is 55.5 Å². The summed E-state index contributed by atoms with van der Waals surface area (Å²) in [7, 11) is 0. The van der Waals surface area contributed by atoms with Crippen LogP contribution >= 0.6 is 11.6 Å². The number of allylic oxidation sites excluding steroid dienone is 1. The molecule has 0 saturated carbocycles. The lowest BCUT2D eigenvalue weighted by Gasteiger charge is -2.18. The molecule has 0 unspecified atom stereocenters. The van der Waals surface area contributed by atoms with Crippen LogP contribution in [0, 0.1) is 0 Å². The molecule has 0 radical (unpaired) electrons. The maximum atomic E-state index is 12.8. The Morgan fingerprint density at radius 1 is 1.04 bits per heavy atom. The molecule has 4 heteroatoms. The average molecular weight is 324 g/mol. The first-order valence-electron chi connectivity index (χ1n) is 7.10. The second kappa shape index (κ2) is 5.86. The van der Waals surface area contributed by atoms with Crippen LogP contribution in [0.25, 0.3) is 0 Å². The molecular formula is C19H14ClNO2. The molecule has 2 aromatic carbocycles. The van der Waals surface area contributed by atoms with Gasteiger partial charge >= 0.3 is 0 Å². The number of ketones is 1. The van der Waals surface area contributed by atoms with Gasteiger partial charge in [-0.05, 0) is 36.8 Å². The predicted octanol–water partition coefficient (Wildman–Crippen LogP) is 4.40. The third kappa shape index (κ3) is 2.60. The van der Waals surface area contributed by atoms with Gasteiger partial charge in [0.2, 0.25) is 0 Å². The topological polar surface area (TPSA) is 37.4 Å². The second-order valence-corrected chi connectivity index (χ2v) is 5.70. The van der Waals surface area contributed by atoms with Crippen molar-refractivity contribution in [2.24, 2.45) is 0 Å². The minimum absolute atomic E-state index is 0.163. The van der Waals surface area contributed by atoms with Crippen molar-refractivity contribution in [3.05, 3.63) is 88.6 Å². The highest BCUT2D eigenvalue weighted by molar-refractivity contribution is 6.33. The van der Waals surface area contributed by atoms with Crippen molar-refractivity contribution < 1.29 is 9.59 Å². The van der Waals surface area contributed by atoms with Crippen molar-refractivity contribution in [1.82, 2.24) is 0 Å². The third-order valence-corrected chi connectivity index (χ3v) is 4.09. The Hall–Kier alpha value is -2.65. The molecule has 114 valence electrons. The van der Waals surface area contributed by atoms with E-state index in [4.69, 9.17) is 11.6 Å². The number of nitrogens with zero attached hydrogens (tertiary/aromatic N) is 1. The molecule has 0 N–H and O–H groups in total. The Labute approximate surface area is 139 Å². The van der Waals surface area contributed by atoms with Gasteiger partial charge in [0, 0.05) is 22.0 Å². The number of rotatable bonds is 3. The minimum Gasteiger partial charge on any atom is -0.288 e. The van der Waals surface area contributed by atoms with Gasteiger partial charge in [0.15, 0.2) is 5.78 Å². The lowest BCUT2D eigenvalue weighted by atomic mass is 10.0. The number of anilines is 1. The summed E-state index contributed by atoms with van der Waals surface area (Å²) >= 11 is 5.89. The lowest BCUT2D eigenvalue weighted by Crippen LogP contribution is -2.27. The molecule has 1 amide bonds. The molecule has 2 aromatic rings. The Morgan fingerprint density at radius 3 is 2.26 bits per heavy atom. The van der Waals surface area contributed by atoms with Crippen molar-refractivity contribution in [1.29, 1.82) is 0 Å². The highest BCUT2D eigenvalue weighted by Crippen LogP contribution is 2.34. The van der Waals surface area contributed by atoms with Crippen LogP contribution in [0.3, 0.4) is 0 Å². The van der Waals surface area contributed by atoms with Crippen LogP contribution in [0.15, 0.2) is 78.0 Å². The number of carbonyl (C=O) groups is 2. The van der Waals surface area contributed by atoms with Gasteiger partial charge in [-0.1, -0.05) is 48.5 Å². The number of carbonyl (C=O) groups excluding carboxylic acids is 2. The number of benzene rings is 2. The highest BCUT2D eigenvalue weighted by atomic mass is 35.5. The maximum Gasteiger partial charge on any atom is 0.267 e. The molecule has 3 nitrogen and oxygen atoms in total. The normalized spacial score (nSPS) is 14.6. The molecule has 3 rings (SSSR count). The summed E-state index contributed by atoms with van der Waals surface area (Å²) in [4.78, 5) is 26.9. The largest absolute Gasteiger partial charge is 0.288 e. The first-order chi connectivity index (χ1) is 11.0. The molecule has 0 aromatic heterocycles. The molecular weight excluding hydrogens is 310 g/mol. The van der Waals surface area contributed by atoms with Gasteiger partial charge in [-0.2, -0.15) is 0 Å². The fraction of sp³-hybridized carbons (Fsp3) is 0.0526. The first-order valence-corrected chi connectivity index (χ1v) is 7.48. The average Bonchev–Trinajstić information content (AvgIpc) is 2.78. The van der Waals surface area contributed by atoms with E-state index in [2.05, 4.69) is 6.58 Å². The van der Waals surface area contributed by atoms with Crippen LogP contribution < -0.4 is 4.90 Å².